The Morgan fingerprint density at radius 2 is 2.09 bits per heavy atom. The molecule has 0 saturated heterocycles. The highest BCUT2D eigenvalue weighted by atomic mass is 79.9. The van der Waals surface area contributed by atoms with Gasteiger partial charge in [-0.15, -0.1) is 0 Å². The van der Waals surface area contributed by atoms with Crippen LogP contribution in [0.3, 0.4) is 0 Å². The van der Waals surface area contributed by atoms with E-state index >= 15 is 0 Å². The number of furan rings is 1. The molecule has 0 amide bonds. The number of hydrogen-bond acceptors (Lipinski definition) is 6. The van der Waals surface area contributed by atoms with Crippen molar-refractivity contribution in [1.82, 2.24) is 9.97 Å². The number of benzene rings is 1. The van der Waals surface area contributed by atoms with Gasteiger partial charge < -0.3 is 14.5 Å². The highest BCUT2D eigenvalue weighted by molar-refractivity contribution is 9.10. The van der Waals surface area contributed by atoms with Gasteiger partial charge in [-0.05, 0) is 47.1 Å². The van der Waals surface area contributed by atoms with Crippen molar-refractivity contribution in [3.05, 3.63) is 64.9 Å². The smallest absolute Gasteiger partial charge is 0.379 e. The molecule has 1 N–H and O–H groups in total. The average molecular weight is 374 g/mol. The number of ether oxygens (including phenoxy) is 1. The third-order valence-electron chi connectivity index (χ3n) is 2.90. The molecule has 0 saturated carbocycles. The molecule has 6 nitrogen and oxygen atoms in total. The number of nitrogens with one attached hydrogen (secondary N) is 1. The van der Waals surface area contributed by atoms with Gasteiger partial charge in [-0.2, -0.15) is 0 Å². The van der Waals surface area contributed by atoms with Crippen LogP contribution >= 0.6 is 15.9 Å². The van der Waals surface area contributed by atoms with E-state index in [1.54, 1.807) is 24.3 Å². The monoisotopic (exact) mass is 373 g/mol. The molecule has 0 fully saturated rings. The molecule has 0 radical (unpaired) electrons. The second-order valence-electron chi connectivity index (χ2n) is 4.69. The predicted molar refractivity (Wildman–Crippen MR) is 87.9 cm³/mol. The van der Waals surface area contributed by atoms with Crippen molar-refractivity contribution in [2.75, 3.05) is 5.32 Å². The SMILES string of the molecule is Cc1cc(Nc2cccc(OC(=O)c3ccc(Br)o3)c2)ncn1. The summed E-state index contributed by atoms with van der Waals surface area (Å²) >= 11 is 3.14. The standard InChI is InChI=1S/C16H12BrN3O3/c1-10-7-15(19-9-18-10)20-11-3-2-4-12(8-11)22-16(21)13-5-6-14(17)23-13/h2-9H,1H3,(H,18,19,20). The molecule has 0 unspecified atom stereocenters. The van der Waals surface area contributed by atoms with Gasteiger partial charge in [0, 0.05) is 23.5 Å². The first-order valence-corrected chi connectivity index (χ1v) is 7.53. The van der Waals surface area contributed by atoms with Gasteiger partial charge in [0.15, 0.2) is 4.67 Å². The van der Waals surface area contributed by atoms with Crippen LogP contribution in [-0.4, -0.2) is 15.9 Å². The minimum absolute atomic E-state index is 0.127. The summed E-state index contributed by atoms with van der Waals surface area (Å²) in [5.74, 6) is 0.627. The Hall–Kier alpha value is -2.67. The van der Waals surface area contributed by atoms with Gasteiger partial charge in [0.05, 0.1) is 0 Å². The van der Waals surface area contributed by atoms with Crippen LogP contribution in [-0.2, 0) is 0 Å². The van der Waals surface area contributed by atoms with Crippen molar-refractivity contribution in [3.8, 4) is 5.75 Å². The number of carbonyl (C=O) groups is 1. The van der Waals surface area contributed by atoms with Crippen LogP contribution in [0.1, 0.15) is 16.2 Å². The van der Waals surface area contributed by atoms with Crippen LogP contribution in [0.5, 0.6) is 5.75 Å². The summed E-state index contributed by atoms with van der Waals surface area (Å²) in [6, 6.07) is 12.0. The summed E-state index contributed by atoms with van der Waals surface area (Å²) in [7, 11) is 0. The summed E-state index contributed by atoms with van der Waals surface area (Å²) in [5.41, 5.74) is 1.60. The Morgan fingerprint density at radius 1 is 1.22 bits per heavy atom. The summed E-state index contributed by atoms with van der Waals surface area (Å²) < 4.78 is 10.9. The number of aryl methyl sites for hydroxylation is 1. The van der Waals surface area contributed by atoms with E-state index in [2.05, 4.69) is 31.2 Å². The van der Waals surface area contributed by atoms with Crippen molar-refractivity contribution in [2.45, 2.75) is 6.92 Å². The normalized spacial score (nSPS) is 10.3. The summed E-state index contributed by atoms with van der Waals surface area (Å²) in [4.78, 5) is 20.1. The second kappa shape index (κ2) is 6.62. The van der Waals surface area contributed by atoms with E-state index in [4.69, 9.17) is 9.15 Å². The zero-order valence-corrected chi connectivity index (χ0v) is 13.7. The molecule has 7 heteroatoms. The van der Waals surface area contributed by atoms with Gasteiger partial charge in [-0.25, -0.2) is 14.8 Å². The fraction of sp³-hybridized carbons (Fsp3) is 0.0625. The molecule has 0 aliphatic rings. The number of anilines is 2. The predicted octanol–water partition coefficient (Wildman–Crippen LogP) is 4.10. The lowest BCUT2D eigenvalue weighted by atomic mass is 10.3. The minimum Gasteiger partial charge on any atom is -0.442 e. The van der Waals surface area contributed by atoms with Gasteiger partial charge in [0.2, 0.25) is 5.76 Å². The van der Waals surface area contributed by atoms with Gasteiger partial charge in [0.1, 0.15) is 17.9 Å². The molecule has 116 valence electrons. The number of rotatable bonds is 4. The fourth-order valence-electron chi connectivity index (χ4n) is 1.89. The van der Waals surface area contributed by atoms with Gasteiger partial charge in [-0.1, -0.05) is 6.07 Å². The molecule has 0 spiro atoms. The number of nitrogens with zero attached hydrogens (tertiary/aromatic N) is 2. The lowest BCUT2D eigenvalue weighted by Gasteiger charge is -2.08. The first-order valence-electron chi connectivity index (χ1n) is 6.73. The van der Waals surface area contributed by atoms with E-state index in [9.17, 15) is 4.79 Å². The topological polar surface area (TPSA) is 77.2 Å². The fourth-order valence-corrected chi connectivity index (χ4v) is 2.20. The molecule has 2 aromatic heterocycles. The van der Waals surface area contributed by atoms with Crippen molar-refractivity contribution >= 4 is 33.4 Å². The molecule has 2 heterocycles. The summed E-state index contributed by atoms with van der Waals surface area (Å²) in [6.45, 7) is 1.88. The second-order valence-corrected chi connectivity index (χ2v) is 5.47. The first kappa shape index (κ1) is 15.2. The van der Waals surface area contributed by atoms with Crippen LogP contribution in [0.4, 0.5) is 11.5 Å². The molecule has 0 bridgehead atoms. The molecule has 1 aromatic carbocycles. The summed E-state index contributed by atoms with van der Waals surface area (Å²) in [6.07, 6.45) is 1.48. The molecule has 0 aliphatic heterocycles. The van der Waals surface area contributed by atoms with Crippen LogP contribution in [0.2, 0.25) is 0 Å². The van der Waals surface area contributed by atoms with Crippen LogP contribution in [0, 0.1) is 6.92 Å². The molecule has 3 aromatic rings. The van der Waals surface area contributed by atoms with E-state index in [0.717, 1.165) is 11.4 Å². The molecule has 0 aliphatic carbocycles. The van der Waals surface area contributed by atoms with Gasteiger partial charge in [0.25, 0.3) is 0 Å². The van der Waals surface area contributed by atoms with Crippen molar-refractivity contribution in [3.63, 3.8) is 0 Å². The largest absolute Gasteiger partial charge is 0.442 e. The number of carbonyl (C=O) groups excluding carboxylic acids is 1. The Balaban J connectivity index is 1.73. The van der Waals surface area contributed by atoms with E-state index in [1.165, 1.54) is 12.4 Å². The molecule has 23 heavy (non-hydrogen) atoms. The van der Waals surface area contributed by atoms with Gasteiger partial charge >= 0.3 is 5.97 Å². The van der Waals surface area contributed by atoms with Crippen LogP contribution < -0.4 is 10.1 Å². The Morgan fingerprint density at radius 3 is 2.83 bits per heavy atom. The quantitative estimate of drug-likeness (QED) is 0.547. The number of aromatic nitrogens is 2. The van der Waals surface area contributed by atoms with Crippen LogP contribution in [0.25, 0.3) is 0 Å². The van der Waals surface area contributed by atoms with Gasteiger partial charge in [-0.3, -0.25) is 0 Å². The van der Waals surface area contributed by atoms with Crippen molar-refractivity contribution in [2.24, 2.45) is 0 Å². The van der Waals surface area contributed by atoms with Crippen LogP contribution in [0.15, 0.2) is 57.9 Å². The average Bonchev–Trinajstić information content (AvgIpc) is 2.94. The molecular formula is C16H12BrN3O3. The maximum atomic E-state index is 12.0. The lowest BCUT2D eigenvalue weighted by molar-refractivity contribution is 0.0700. The van der Waals surface area contributed by atoms with E-state index in [1.807, 2.05) is 19.1 Å². The van der Waals surface area contributed by atoms with E-state index in [-0.39, 0.29) is 5.76 Å². The Kier molecular flexibility index (Phi) is 4.38. The third kappa shape index (κ3) is 3.95. The maximum absolute atomic E-state index is 12.0. The van der Waals surface area contributed by atoms with Crippen molar-refractivity contribution < 1.29 is 13.9 Å². The Labute approximate surface area is 140 Å². The van der Waals surface area contributed by atoms with E-state index < -0.39 is 5.97 Å². The first-order chi connectivity index (χ1) is 11.1. The zero-order valence-electron chi connectivity index (χ0n) is 12.1. The molecule has 3 rings (SSSR count). The lowest BCUT2D eigenvalue weighted by Crippen LogP contribution is -2.07. The Bertz CT molecular complexity index is 848. The van der Waals surface area contributed by atoms with Crippen molar-refractivity contribution in [1.29, 1.82) is 0 Å². The molecular weight excluding hydrogens is 362 g/mol. The third-order valence-corrected chi connectivity index (χ3v) is 3.32. The summed E-state index contributed by atoms with van der Waals surface area (Å²) in [5, 5.41) is 3.13. The minimum atomic E-state index is -0.564. The number of hydrogen-bond donors (Lipinski definition) is 1. The van der Waals surface area contributed by atoms with E-state index in [0.29, 0.717) is 16.2 Å². The molecule has 0 atom stereocenters. The highest BCUT2D eigenvalue weighted by Gasteiger charge is 2.13. The number of esters is 1. The maximum Gasteiger partial charge on any atom is 0.379 e. The number of halogens is 1. The zero-order chi connectivity index (χ0) is 16.2. The highest BCUT2D eigenvalue weighted by Crippen LogP contribution is 2.22.